The molecule has 2 aromatic carbocycles. The number of halogens is 1. The molecule has 1 fully saturated rings. The molecule has 0 atom stereocenters. The average molecular weight is 447 g/mol. The van der Waals surface area contributed by atoms with Gasteiger partial charge < -0.3 is 20.4 Å². The van der Waals surface area contributed by atoms with Gasteiger partial charge in [-0.05, 0) is 55.7 Å². The molecule has 3 aromatic rings. The lowest BCUT2D eigenvalue weighted by Gasteiger charge is -2.35. The quantitative estimate of drug-likeness (QED) is 0.642. The van der Waals surface area contributed by atoms with Crippen molar-refractivity contribution in [1.82, 2.24) is 20.6 Å². The van der Waals surface area contributed by atoms with Gasteiger partial charge >= 0.3 is 0 Å². The maximum atomic E-state index is 13.9. The Morgan fingerprint density at radius 3 is 2.39 bits per heavy atom. The van der Waals surface area contributed by atoms with Crippen molar-refractivity contribution in [3.05, 3.63) is 64.5 Å². The number of nitrogens with one attached hydrogen (secondary N) is 2. The van der Waals surface area contributed by atoms with Crippen LogP contribution in [0.5, 0.6) is 0 Å². The molecular formula is C25H27FN6O. The molecule has 170 valence electrons. The molecule has 0 saturated carbocycles. The van der Waals surface area contributed by atoms with E-state index in [0.29, 0.717) is 29.7 Å². The first kappa shape index (κ1) is 21.3. The van der Waals surface area contributed by atoms with Crippen molar-refractivity contribution < 1.29 is 9.18 Å². The second-order valence-electron chi connectivity index (χ2n) is 8.60. The van der Waals surface area contributed by atoms with E-state index < -0.39 is 0 Å². The van der Waals surface area contributed by atoms with Crippen LogP contribution < -0.4 is 20.4 Å². The number of hydrogen-bond acceptors (Lipinski definition) is 6. The lowest BCUT2D eigenvalue weighted by Crippen LogP contribution is -2.46. The molecule has 33 heavy (non-hydrogen) atoms. The molecule has 1 amide bonds. The van der Waals surface area contributed by atoms with Crippen LogP contribution in [-0.4, -0.2) is 48.7 Å². The predicted molar refractivity (Wildman–Crippen MR) is 128 cm³/mol. The molecule has 0 radical (unpaired) electrons. The van der Waals surface area contributed by atoms with Gasteiger partial charge in [-0.2, -0.15) is 4.98 Å². The van der Waals surface area contributed by atoms with Crippen LogP contribution >= 0.6 is 0 Å². The largest absolute Gasteiger partial charge is 0.338 e. The van der Waals surface area contributed by atoms with E-state index in [9.17, 15) is 9.18 Å². The Hall–Kier alpha value is -3.52. The number of rotatable bonds is 3. The number of para-hydroxylation sites is 1. The second kappa shape index (κ2) is 8.44. The van der Waals surface area contributed by atoms with E-state index in [4.69, 9.17) is 9.97 Å². The molecular weight excluding hydrogens is 419 g/mol. The van der Waals surface area contributed by atoms with E-state index in [1.54, 1.807) is 6.07 Å². The van der Waals surface area contributed by atoms with Gasteiger partial charge in [0.05, 0.1) is 18.1 Å². The maximum absolute atomic E-state index is 13.9. The van der Waals surface area contributed by atoms with Crippen molar-refractivity contribution in [1.29, 1.82) is 0 Å². The summed E-state index contributed by atoms with van der Waals surface area (Å²) >= 11 is 0. The van der Waals surface area contributed by atoms with E-state index >= 15 is 0 Å². The summed E-state index contributed by atoms with van der Waals surface area (Å²) in [6.45, 7) is 9.49. The Bertz CT molecular complexity index is 1220. The van der Waals surface area contributed by atoms with Gasteiger partial charge in [-0.25, -0.2) is 9.37 Å². The van der Waals surface area contributed by atoms with Gasteiger partial charge in [-0.1, -0.05) is 18.2 Å². The van der Waals surface area contributed by atoms with E-state index in [0.717, 1.165) is 54.1 Å². The minimum atomic E-state index is -0.317. The average Bonchev–Trinajstić information content (AvgIpc) is 2.80. The van der Waals surface area contributed by atoms with Crippen LogP contribution in [0.1, 0.15) is 27.0 Å². The minimum Gasteiger partial charge on any atom is -0.338 e. The standard InChI is InChI=1S/C25H27FN6O/c1-15-5-4-6-16(2)22(15)32-14-28-24(33)20-21(19-8-7-18(26)13-17(19)3)29-25(30-23(20)32)31-11-9-27-10-12-31/h4-8,13,27H,9-12,14H2,1-3H3,(H,28,33). The van der Waals surface area contributed by atoms with Crippen molar-refractivity contribution in [2.75, 3.05) is 42.6 Å². The fourth-order valence-corrected chi connectivity index (χ4v) is 4.67. The fraction of sp³-hybridized carbons (Fsp3) is 0.320. The number of carbonyl (C=O) groups excluding carboxylic acids is 1. The molecule has 8 heteroatoms. The lowest BCUT2D eigenvalue weighted by molar-refractivity contribution is 0.0949. The molecule has 2 aliphatic heterocycles. The molecule has 7 nitrogen and oxygen atoms in total. The summed E-state index contributed by atoms with van der Waals surface area (Å²) in [5.41, 5.74) is 5.60. The Morgan fingerprint density at radius 2 is 1.70 bits per heavy atom. The van der Waals surface area contributed by atoms with Crippen LogP contribution in [0.3, 0.4) is 0 Å². The van der Waals surface area contributed by atoms with E-state index in [1.165, 1.54) is 12.1 Å². The van der Waals surface area contributed by atoms with Crippen LogP contribution in [-0.2, 0) is 0 Å². The molecule has 1 saturated heterocycles. The van der Waals surface area contributed by atoms with Crippen LogP contribution in [0.25, 0.3) is 11.3 Å². The highest BCUT2D eigenvalue weighted by molar-refractivity contribution is 6.07. The monoisotopic (exact) mass is 446 g/mol. The third-order valence-electron chi connectivity index (χ3n) is 6.31. The summed E-state index contributed by atoms with van der Waals surface area (Å²) in [6, 6.07) is 10.7. The number of anilines is 3. The number of carbonyl (C=O) groups is 1. The molecule has 0 spiro atoms. The van der Waals surface area contributed by atoms with Crippen molar-refractivity contribution >= 4 is 23.4 Å². The van der Waals surface area contributed by atoms with E-state index in [-0.39, 0.29) is 11.7 Å². The smallest absolute Gasteiger partial charge is 0.258 e. The second-order valence-corrected chi connectivity index (χ2v) is 8.60. The number of aryl methyl sites for hydroxylation is 3. The van der Waals surface area contributed by atoms with Gasteiger partial charge in [0.1, 0.15) is 11.4 Å². The zero-order valence-electron chi connectivity index (χ0n) is 19.1. The van der Waals surface area contributed by atoms with Crippen molar-refractivity contribution in [3.8, 4) is 11.3 Å². The third-order valence-corrected chi connectivity index (χ3v) is 6.31. The highest BCUT2D eigenvalue weighted by atomic mass is 19.1. The van der Waals surface area contributed by atoms with Gasteiger partial charge in [0.15, 0.2) is 5.82 Å². The highest BCUT2D eigenvalue weighted by Gasteiger charge is 2.33. The van der Waals surface area contributed by atoms with Crippen LogP contribution in [0.2, 0.25) is 0 Å². The number of aromatic nitrogens is 2. The van der Waals surface area contributed by atoms with Gasteiger partial charge in [-0.15, -0.1) is 0 Å². The summed E-state index contributed by atoms with van der Waals surface area (Å²) in [5.74, 6) is 0.625. The summed E-state index contributed by atoms with van der Waals surface area (Å²) in [7, 11) is 0. The first-order valence-electron chi connectivity index (χ1n) is 11.2. The summed E-state index contributed by atoms with van der Waals surface area (Å²) < 4.78 is 13.9. The topological polar surface area (TPSA) is 73.4 Å². The van der Waals surface area contributed by atoms with Crippen LogP contribution in [0, 0.1) is 26.6 Å². The van der Waals surface area contributed by atoms with E-state index in [1.807, 2.05) is 13.0 Å². The SMILES string of the molecule is Cc1cc(F)ccc1-c1nc(N2CCNCC2)nc2c1C(=O)NCN2c1c(C)cccc1C. The molecule has 5 rings (SSSR count). The normalized spacial score (nSPS) is 15.9. The Balaban J connectivity index is 1.77. The molecule has 0 unspecified atom stereocenters. The number of piperazine rings is 1. The predicted octanol–water partition coefficient (Wildman–Crippen LogP) is 3.46. The highest BCUT2D eigenvalue weighted by Crippen LogP contribution is 2.39. The third kappa shape index (κ3) is 3.80. The van der Waals surface area contributed by atoms with Gasteiger partial charge in [0, 0.05) is 31.7 Å². The Labute approximate surface area is 192 Å². The first-order valence-corrected chi connectivity index (χ1v) is 11.2. The van der Waals surface area contributed by atoms with Crippen molar-refractivity contribution in [3.63, 3.8) is 0 Å². The summed E-state index contributed by atoms with van der Waals surface area (Å²) in [6.07, 6.45) is 0. The van der Waals surface area contributed by atoms with Crippen LogP contribution in [0.15, 0.2) is 36.4 Å². The molecule has 3 heterocycles. The zero-order valence-corrected chi connectivity index (χ0v) is 19.1. The summed E-state index contributed by atoms with van der Waals surface area (Å²) in [4.78, 5) is 27.2. The summed E-state index contributed by atoms with van der Waals surface area (Å²) in [5, 5.41) is 6.34. The van der Waals surface area contributed by atoms with Gasteiger partial charge in [0.25, 0.3) is 5.91 Å². The minimum absolute atomic E-state index is 0.224. The van der Waals surface area contributed by atoms with E-state index in [2.05, 4.69) is 46.4 Å². The number of hydrogen-bond donors (Lipinski definition) is 2. The molecule has 2 N–H and O–H groups in total. The van der Waals surface area contributed by atoms with Crippen molar-refractivity contribution in [2.24, 2.45) is 0 Å². The van der Waals surface area contributed by atoms with Gasteiger partial charge in [0.2, 0.25) is 5.95 Å². The maximum Gasteiger partial charge on any atom is 0.258 e. The molecule has 1 aromatic heterocycles. The zero-order chi connectivity index (χ0) is 23.1. The van der Waals surface area contributed by atoms with Gasteiger partial charge in [-0.3, -0.25) is 4.79 Å². The number of benzene rings is 2. The molecule has 2 aliphatic rings. The molecule has 0 aliphatic carbocycles. The number of nitrogens with zero attached hydrogens (tertiary/aromatic N) is 4. The lowest BCUT2D eigenvalue weighted by atomic mass is 9.99. The Kier molecular flexibility index (Phi) is 5.46. The number of amides is 1. The molecule has 0 bridgehead atoms. The number of fused-ring (bicyclic) bond motifs is 1. The fourth-order valence-electron chi connectivity index (χ4n) is 4.67. The van der Waals surface area contributed by atoms with Crippen molar-refractivity contribution in [2.45, 2.75) is 20.8 Å². The first-order chi connectivity index (χ1) is 15.9. The Morgan fingerprint density at radius 1 is 0.970 bits per heavy atom. The van der Waals surface area contributed by atoms with Crippen LogP contribution in [0.4, 0.5) is 21.8 Å².